The first-order chi connectivity index (χ1) is 17.6. The van der Waals surface area contributed by atoms with E-state index < -0.39 is 23.8 Å². The minimum Gasteiger partial charge on any atom is -0.444 e. The second-order valence-electron chi connectivity index (χ2n) is 11.2. The monoisotopic (exact) mass is 499 g/mol. The third kappa shape index (κ3) is 5.04. The summed E-state index contributed by atoms with van der Waals surface area (Å²) in [5, 5.41) is 18.1. The Morgan fingerprint density at radius 1 is 1.16 bits per heavy atom. The van der Waals surface area contributed by atoms with Crippen LogP contribution in [-0.2, 0) is 23.0 Å². The molecule has 1 saturated carbocycles. The molecule has 0 radical (unpaired) electrons. The van der Waals surface area contributed by atoms with E-state index in [1.165, 1.54) is 0 Å². The van der Waals surface area contributed by atoms with Crippen LogP contribution < -0.4 is 5.32 Å². The number of carbonyl (C=O) groups excluding carboxylic acids is 2. The number of fused-ring (bicyclic) bond motifs is 3. The molecule has 3 aromatic rings. The number of nitriles is 1. The Morgan fingerprint density at radius 2 is 1.89 bits per heavy atom. The smallest absolute Gasteiger partial charge is 0.411 e. The lowest BCUT2D eigenvalue weighted by Crippen LogP contribution is -2.55. The third-order valence-electron chi connectivity index (χ3n) is 7.41. The summed E-state index contributed by atoms with van der Waals surface area (Å²) in [5.41, 5.74) is 3.54. The summed E-state index contributed by atoms with van der Waals surface area (Å²) in [7, 11) is 1.93. The molecule has 37 heavy (non-hydrogen) atoms. The fraction of sp³-hybridized carbons (Fsp3) is 0.448. The van der Waals surface area contributed by atoms with Gasteiger partial charge in [0, 0.05) is 24.9 Å². The normalized spacial score (nSPS) is 21.6. The lowest BCUT2D eigenvalue weighted by atomic mass is 9.97. The van der Waals surface area contributed by atoms with E-state index in [2.05, 4.69) is 34.7 Å². The number of hydrogen-bond donors (Lipinski definition) is 1. The topological polar surface area (TPSA) is 100 Å². The number of rotatable bonds is 5. The Hall–Kier alpha value is -3.86. The van der Waals surface area contributed by atoms with Crippen molar-refractivity contribution < 1.29 is 14.3 Å². The van der Waals surface area contributed by atoms with Gasteiger partial charge in [-0.3, -0.25) is 14.4 Å². The van der Waals surface area contributed by atoms with Crippen LogP contribution in [0.25, 0.3) is 22.0 Å². The number of aryl methyl sites for hydroxylation is 1. The molecular formula is C29H33N5O3. The van der Waals surface area contributed by atoms with Gasteiger partial charge in [0.2, 0.25) is 5.91 Å². The van der Waals surface area contributed by atoms with Crippen molar-refractivity contribution in [3.05, 3.63) is 54.2 Å². The predicted molar refractivity (Wildman–Crippen MR) is 140 cm³/mol. The highest BCUT2D eigenvalue weighted by molar-refractivity contribution is 5.88. The van der Waals surface area contributed by atoms with Crippen LogP contribution in [0.15, 0.2) is 48.7 Å². The number of nitrogens with one attached hydrogen (secondary N) is 1. The number of amides is 2. The van der Waals surface area contributed by atoms with Crippen molar-refractivity contribution in [3.63, 3.8) is 0 Å². The molecule has 2 amide bonds. The molecule has 0 unspecified atom stereocenters. The van der Waals surface area contributed by atoms with Crippen molar-refractivity contribution in [2.75, 3.05) is 0 Å². The lowest BCUT2D eigenvalue weighted by Gasteiger charge is -2.35. The zero-order valence-electron chi connectivity index (χ0n) is 21.8. The molecule has 2 aliphatic rings. The molecule has 192 valence electrons. The van der Waals surface area contributed by atoms with Crippen molar-refractivity contribution in [2.24, 2.45) is 13.0 Å². The third-order valence-corrected chi connectivity index (χ3v) is 7.41. The minimum absolute atomic E-state index is 0.0225. The molecule has 1 aromatic heterocycles. The number of benzene rings is 2. The fourth-order valence-electron chi connectivity index (χ4n) is 5.68. The summed E-state index contributed by atoms with van der Waals surface area (Å²) in [6.45, 7) is 5.47. The largest absolute Gasteiger partial charge is 0.444 e. The van der Waals surface area contributed by atoms with Crippen LogP contribution in [0.1, 0.15) is 45.6 Å². The van der Waals surface area contributed by atoms with Gasteiger partial charge in [-0.25, -0.2) is 4.79 Å². The van der Waals surface area contributed by atoms with Crippen molar-refractivity contribution in [2.45, 2.75) is 70.2 Å². The summed E-state index contributed by atoms with van der Waals surface area (Å²) in [6, 6.07) is 15.3. The van der Waals surface area contributed by atoms with Crippen LogP contribution in [0, 0.1) is 17.2 Å². The van der Waals surface area contributed by atoms with Crippen molar-refractivity contribution in [3.8, 4) is 17.2 Å². The first kappa shape index (κ1) is 24.8. The molecule has 8 heteroatoms. The number of aromatic nitrogens is 2. The fourth-order valence-corrected chi connectivity index (χ4v) is 5.68. The molecule has 8 nitrogen and oxygen atoms in total. The molecule has 1 aliphatic carbocycles. The molecule has 5 rings (SSSR count). The summed E-state index contributed by atoms with van der Waals surface area (Å²) in [6.07, 6.45) is 4.38. The highest BCUT2D eigenvalue weighted by Crippen LogP contribution is 2.43. The Bertz CT molecular complexity index is 1360. The number of ether oxygens (including phenoxy) is 1. The van der Waals surface area contributed by atoms with Crippen LogP contribution in [0.5, 0.6) is 0 Å². The van der Waals surface area contributed by atoms with Crippen LogP contribution in [0.2, 0.25) is 0 Å². The molecule has 2 bridgehead atoms. The van der Waals surface area contributed by atoms with E-state index in [0.29, 0.717) is 6.42 Å². The summed E-state index contributed by atoms with van der Waals surface area (Å²) in [4.78, 5) is 27.8. The maximum absolute atomic E-state index is 13.3. The standard InChI is InChI=1S/C29H33N5O3/c1-29(2,3)37-28(36)34-24-12-11-21(14-24)26(34)27(35)32-23(16-30)13-18-5-7-19(8-6-18)20-9-10-22-17-31-33(4)25(22)15-20/h5-10,15,17,21,23-24,26H,11-14H2,1-4H3,(H,32,35)/t21-,23-,24+,26-/m0/s1. The van der Waals surface area contributed by atoms with E-state index in [-0.39, 0.29) is 17.9 Å². The zero-order valence-corrected chi connectivity index (χ0v) is 21.8. The second kappa shape index (κ2) is 9.55. The molecule has 2 heterocycles. The number of piperidine rings is 1. The zero-order chi connectivity index (χ0) is 26.3. The van der Waals surface area contributed by atoms with Gasteiger partial charge < -0.3 is 10.1 Å². The minimum atomic E-state index is -0.691. The van der Waals surface area contributed by atoms with Gasteiger partial charge in [0.1, 0.15) is 17.7 Å². The van der Waals surface area contributed by atoms with Crippen LogP contribution in [-0.4, -0.2) is 50.4 Å². The van der Waals surface area contributed by atoms with Crippen molar-refractivity contribution in [1.82, 2.24) is 20.0 Å². The predicted octanol–water partition coefficient (Wildman–Crippen LogP) is 4.58. The van der Waals surface area contributed by atoms with E-state index in [4.69, 9.17) is 4.74 Å². The SMILES string of the molecule is Cn1ncc2ccc(-c3ccc(C[C@@H](C#N)NC(=O)[C@@H]4[C@H]5CC[C@H](C5)N4C(=O)OC(C)(C)C)cc3)cc21. The van der Waals surface area contributed by atoms with Gasteiger partial charge in [-0.2, -0.15) is 10.4 Å². The van der Waals surface area contributed by atoms with Gasteiger partial charge in [-0.1, -0.05) is 36.4 Å². The van der Waals surface area contributed by atoms with E-state index in [9.17, 15) is 14.9 Å². The average Bonchev–Trinajstić information content (AvgIpc) is 3.58. The number of nitrogens with zero attached hydrogens (tertiary/aromatic N) is 4. The molecule has 1 aliphatic heterocycles. The van der Waals surface area contributed by atoms with Gasteiger partial charge >= 0.3 is 6.09 Å². The van der Waals surface area contributed by atoms with Crippen molar-refractivity contribution in [1.29, 1.82) is 5.26 Å². The van der Waals surface area contributed by atoms with E-state index in [0.717, 1.165) is 46.9 Å². The Balaban J connectivity index is 1.26. The summed E-state index contributed by atoms with van der Waals surface area (Å²) < 4.78 is 7.45. The average molecular weight is 500 g/mol. The molecular weight excluding hydrogens is 466 g/mol. The van der Waals surface area contributed by atoms with Gasteiger partial charge in [0.15, 0.2) is 0 Å². The molecule has 2 fully saturated rings. The first-order valence-corrected chi connectivity index (χ1v) is 12.9. The van der Waals surface area contributed by atoms with Crippen LogP contribution in [0.3, 0.4) is 0 Å². The van der Waals surface area contributed by atoms with Gasteiger partial charge in [-0.15, -0.1) is 0 Å². The van der Waals surface area contributed by atoms with E-state index >= 15 is 0 Å². The molecule has 1 N–H and O–H groups in total. The van der Waals surface area contributed by atoms with Crippen LogP contribution in [0.4, 0.5) is 4.79 Å². The van der Waals surface area contributed by atoms with Crippen molar-refractivity contribution >= 4 is 22.9 Å². The maximum atomic E-state index is 13.3. The Morgan fingerprint density at radius 3 is 2.59 bits per heavy atom. The maximum Gasteiger partial charge on any atom is 0.411 e. The highest BCUT2D eigenvalue weighted by Gasteiger charge is 2.52. The molecule has 2 aromatic carbocycles. The quantitative estimate of drug-likeness (QED) is 0.554. The van der Waals surface area contributed by atoms with Gasteiger partial charge in [-0.05, 0) is 68.7 Å². The first-order valence-electron chi connectivity index (χ1n) is 12.9. The Kier molecular flexibility index (Phi) is 6.40. The van der Waals surface area contributed by atoms with Crippen LogP contribution >= 0.6 is 0 Å². The number of hydrogen-bond acceptors (Lipinski definition) is 5. The molecule has 1 saturated heterocycles. The lowest BCUT2D eigenvalue weighted by molar-refractivity contribution is -0.128. The number of carbonyl (C=O) groups is 2. The Labute approximate surface area is 217 Å². The number of likely N-dealkylation sites (tertiary alicyclic amines) is 1. The molecule has 0 spiro atoms. The van der Waals surface area contributed by atoms with Gasteiger partial charge in [0.25, 0.3) is 0 Å². The summed E-state index contributed by atoms with van der Waals surface area (Å²) >= 11 is 0. The highest BCUT2D eigenvalue weighted by atomic mass is 16.6. The molecule has 4 atom stereocenters. The van der Waals surface area contributed by atoms with E-state index in [1.54, 1.807) is 4.90 Å². The van der Waals surface area contributed by atoms with E-state index in [1.807, 2.05) is 63.0 Å². The van der Waals surface area contributed by atoms with Gasteiger partial charge in [0.05, 0.1) is 17.8 Å². The summed E-state index contributed by atoms with van der Waals surface area (Å²) in [5.74, 6) is -0.168. The second-order valence-corrected chi connectivity index (χ2v) is 11.2.